The van der Waals surface area contributed by atoms with Gasteiger partial charge in [-0.1, -0.05) is 58.3 Å². The molecule has 4 nitrogen and oxygen atoms in total. The summed E-state index contributed by atoms with van der Waals surface area (Å²) in [6, 6.07) is 0. The number of aryl methyl sites for hydroxylation is 1. The molecule has 0 atom stereocenters. The Kier molecular flexibility index (Phi) is 13.1. The number of rotatable bonds is 12. The summed E-state index contributed by atoms with van der Waals surface area (Å²) < 4.78 is 1.67. The van der Waals surface area contributed by atoms with Gasteiger partial charge in [-0.05, 0) is 6.42 Å². The first kappa shape index (κ1) is 20.7. The van der Waals surface area contributed by atoms with Gasteiger partial charge >= 0.3 is 29.6 Å². The van der Waals surface area contributed by atoms with Gasteiger partial charge in [0.1, 0.15) is 5.82 Å². The Hall–Kier alpha value is -0.320. The van der Waals surface area contributed by atoms with Crippen LogP contribution in [0.2, 0.25) is 0 Å². The average molecular weight is 302 g/mol. The van der Waals surface area contributed by atoms with E-state index in [1.54, 1.807) is 17.0 Å². The summed E-state index contributed by atoms with van der Waals surface area (Å²) in [5.41, 5.74) is 0. The van der Waals surface area contributed by atoms with Gasteiger partial charge in [0.2, 0.25) is 0 Å². The van der Waals surface area contributed by atoms with E-state index in [9.17, 15) is 9.90 Å². The van der Waals surface area contributed by atoms with Crippen molar-refractivity contribution in [1.82, 2.24) is 9.55 Å². The van der Waals surface area contributed by atoms with Gasteiger partial charge in [0.05, 0.1) is 12.5 Å². The molecule has 0 saturated heterocycles. The maximum Gasteiger partial charge on any atom is 1.00 e. The van der Waals surface area contributed by atoms with E-state index in [2.05, 4.69) is 11.9 Å². The first-order chi connectivity index (χ1) is 9.74. The second-order valence-corrected chi connectivity index (χ2v) is 5.42. The largest absolute Gasteiger partial charge is 1.00 e. The zero-order chi connectivity index (χ0) is 14.6. The number of carbonyl (C=O) groups is 1. The number of unbranched alkanes of at least 4 members (excludes halogenated alkanes) is 8. The molecular weight excluding hydrogens is 275 g/mol. The summed E-state index contributed by atoms with van der Waals surface area (Å²) in [7, 11) is 0. The summed E-state index contributed by atoms with van der Waals surface area (Å²) >= 11 is 0. The number of imidazole rings is 1. The number of hydrogen-bond acceptors (Lipinski definition) is 3. The maximum atomic E-state index is 10.6. The molecule has 0 aliphatic carbocycles. The number of aromatic nitrogens is 2. The van der Waals surface area contributed by atoms with Crippen molar-refractivity contribution in [2.45, 2.75) is 77.7 Å². The molecular formula is C16H27N2NaO2. The molecule has 0 spiro atoms. The minimum atomic E-state index is -1.06. The predicted octanol–water partition coefficient (Wildman–Crippen LogP) is -0.290. The maximum absolute atomic E-state index is 10.6. The monoisotopic (exact) mass is 302 g/mol. The zero-order valence-corrected chi connectivity index (χ0v) is 15.6. The number of carbonyl (C=O) groups excluding carboxylic acids is 1. The van der Waals surface area contributed by atoms with Gasteiger partial charge < -0.3 is 14.5 Å². The van der Waals surface area contributed by atoms with Crippen molar-refractivity contribution in [3.05, 3.63) is 18.2 Å². The van der Waals surface area contributed by atoms with Gasteiger partial charge in [-0.2, -0.15) is 0 Å². The predicted molar refractivity (Wildman–Crippen MR) is 78.2 cm³/mol. The van der Waals surface area contributed by atoms with Crippen LogP contribution in [-0.2, 0) is 17.8 Å². The van der Waals surface area contributed by atoms with Crippen molar-refractivity contribution in [1.29, 1.82) is 0 Å². The smallest absolute Gasteiger partial charge is 0.548 e. The molecule has 1 heterocycles. The molecule has 21 heavy (non-hydrogen) atoms. The standard InChI is InChI=1S/C16H28N2O2.Na/c1-2-3-4-5-6-7-8-9-10-11-15-17-12-13-18(15)14-16(19)20;/h12-13H,2-11,14H2,1H3,(H,19,20);/q;+1/p-1. The molecule has 0 saturated carbocycles. The van der Waals surface area contributed by atoms with Gasteiger partial charge in [0.15, 0.2) is 0 Å². The van der Waals surface area contributed by atoms with Crippen LogP contribution in [0.1, 0.15) is 70.5 Å². The molecule has 0 fully saturated rings. The van der Waals surface area contributed by atoms with Crippen LogP contribution in [0.15, 0.2) is 12.4 Å². The van der Waals surface area contributed by atoms with Crippen LogP contribution in [0.25, 0.3) is 0 Å². The van der Waals surface area contributed by atoms with E-state index in [0.29, 0.717) is 0 Å². The third-order valence-electron chi connectivity index (χ3n) is 3.61. The normalized spacial score (nSPS) is 10.3. The van der Waals surface area contributed by atoms with Gasteiger partial charge in [0.25, 0.3) is 0 Å². The Bertz CT molecular complexity index is 380. The molecule has 5 heteroatoms. The topological polar surface area (TPSA) is 58.0 Å². The van der Waals surface area contributed by atoms with Crippen LogP contribution in [0, 0.1) is 0 Å². The number of aliphatic carboxylic acids is 1. The fraction of sp³-hybridized carbons (Fsp3) is 0.750. The third-order valence-corrected chi connectivity index (χ3v) is 3.61. The minimum Gasteiger partial charge on any atom is -0.548 e. The number of nitrogens with zero attached hydrogens (tertiary/aromatic N) is 2. The summed E-state index contributed by atoms with van der Waals surface area (Å²) in [6.45, 7) is 2.15. The van der Waals surface area contributed by atoms with Crippen LogP contribution in [0.4, 0.5) is 0 Å². The average Bonchev–Trinajstić information content (AvgIpc) is 2.83. The third kappa shape index (κ3) is 10.1. The van der Waals surface area contributed by atoms with E-state index >= 15 is 0 Å². The fourth-order valence-corrected chi connectivity index (χ4v) is 2.45. The molecule has 1 aromatic rings. The van der Waals surface area contributed by atoms with Crippen molar-refractivity contribution in [2.24, 2.45) is 0 Å². The summed E-state index contributed by atoms with van der Waals surface area (Å²) in [5.74, 6) is -0.200. The molecule has 0 amide bonds. The minimum absolute atomic E-state index is 0. The van der Waals surface area contributed by atoms with Gasteiger partial charge in [0, 0.05) is 18.8 Å². The van der Waals surface area contributed by atoms with Gasteiger partial charge in [-0.3, -0.25) is 0 Å². The summed E-state index contributed by atoms with van der Waals surface area (Å²) in [5, 5.41) is 10.6. The molecule has 0 radical (unpaired) electrons. The van der Waals surface area contributed by atoms with Crippen molar-refractivity contribution in [3.8, 4) is 0 Å². The zero-order valence-electron chi connectivity index (χ0n) is 13.6. The molecule has 0 N–H and O–H groups in total. The van der Waals surface area contributed by atoms with E-state index in [0.717, 1.165) is 18.7 Å². The molecule has 0 aliphatic heterocycles. The van der Waals surface area contributed by atoms with Crippen molar-refractivity contribution in [3.63, 3.8) is 0 Å². The van der Waals surface area contributed by atoms with Crippen LogP contribution in [-0.4, -0.2) is 15.5 Å². The van der Waals surface area contributed by atoms with E-state index in [-0.39, 0.29) is 36.1 Å². The Labute approximate surface area is 150 Å². The Morgan fingerprint density at radius 1 is 1.10 bits per heavy atom. The van der Waals surface area contributed by atoms with Crippen molar-refractivity contribution >= 4 is 5.97 Å². The summed E-state index contributed by atoms with van der Waals surface area (Å²) in [6.07, 6.45) is 15.8. The molecule has 0 aromatic carbocycles. The van der Waals surface area contributed by atoms with Crippen LogP contribution in [0.5, 0.6) is 0 Å². The molecule has 114 valence electrons. The molecule has 1 aromatic heterocycles. The number of carboxylic acids is 1. The van der Waals surface area contributed by atoms with E-state index < -0.39 is 5.97 Å². The molecule has 0 unspecified atom stereocenters. The van der Waals surface area contributed by atoms with Crippen LogP contribution >= 0.6 is 0 Å². The first-order valence-corrected chi connectivity index (χ1v) is 7.94. The van der Waals surface area contributed by atoms with Crippen molar-refractivity contribution in [2.75, 3.05) is 0 Å². The Morgan fingerprint density at radius 2 is 1.67 bits per heavy atom. The van der Waals surface area contributed by atoms with Gasteiger partial charge in [-0.15, -0.1) is 0 Å². The molecule has 1 rings (SSSR count). The van der Waals surface area contributed by atoms with Crippen molar-refractivity contribution < 1.29 is 39.5 Å². The number of hydrogen-bond donors (Lipinski definition) is 0. The second-order valence-electron chi connectivity index (χ2n) is 5.42. The Balaban J connectivity index is 0.00000400. The fourth-order valence-electron chi connectivity index (χ4n) is 2.45. The Morgan fingerprint density at radius 3 is 2.24 bits per heavy atom. The van der Waals surface area contributed by atoms with Crippen LogP contribution in [0.3, 0.4) is 0 Å². The summed E-state index contributed by atoms with van der Waals surface area (Å²) in [4.78, 5) is 14.8. The molecule has 0 aliphatic rings. The number of carboxylic acid groups (broad SMARTS) is 1. The first-order valence-electron chi connectivity index (χ1n) is 7.94. The van der Waals surface area contributed by atoms with Gasteiger partial charge in [-0.25, -0.2) is 4.98 Å². The van der Waals surface area contributed by atoms with E-state index in [1.165, 1.54) is 51.4 Å². The quantitative estimate of drug-likeness (QED) is 0.394. The van der Waals surface area contributed by atoms with Crippen LogP contribution < -0.4 is 34.7 Å². The molecule has 0 bridgehead atoms. The van der Waals surface area contributed by atoms with E-state index in [1.807, 2.05) is 0 Å². The second kappa shape index (κ2) is 13.4. The van der Waals surface area contributed by atoms with E-state index in [4.69, 9.17) is 0 Å². The SMILES string of the molecule is CCCCCCCCCCCc1nccn1CC(=O)[O-].[Na+].